The lowest BCUT2D eigenvalue weighted by Crippen LogP contribution is -2.18. The minimum absolute atomic E-state index is 0.112. The van der Waals surface area contributed by atoms with Crippen LogP contribution in [0.4, 0.5) is 0 Å². The third-order valence-electron chi connectivity index (χ3n) is 3.11. The van der Waals surface area contributed by atoms with Gasteiger partial charge in [0.2, 0.25) is 0 Å². The van der Waals surface area contributed by atoms with Crippen molar-refractivity contribution in [3.05, 3.63) is 58.1 Å². The van der Waals surface area contributed by atoms with Crippen molar-refractivity contribution in [1.29, 1.82) is 0 Å². The fourth-order valence-electron chi connectivity index (χ4n) is 2.09. The fraction of sp³-hybridized carbons (Fsp3) is 0.294. The minimum atomic E-state index is 0.112. The Labute approximate surface area is 129 Å². The molecule has 0 aromatic heterocycles. The van der Waals surface area contributed by atoms with Crippen molar-refractivity contribution in [3.8, 4) is 11.5 Å². The number of hydrogen-bond donors (Lipinski definition) is 1. The standard InChI is InChI=1S/C17H20BrNO/c1-3-13-5-4-6-16(10-13)20-17-11-15(18)8-7-14(17)9-12(2)19/h4-8,10-12H,3,9,19H2,1-2H3. The summed E-state index contributed by atoms with van der Waals surface area (Å²) < 4.78 is 7.06. The van der Waals surface area contributed by atoms with Crippen LogP contribution in [0, 0.1) is 0 Å². The molecular weight excluding hydrogens is 314 g/mol. The predicted molar refractivity (Wildman–Crippen MR) is 87.4 cm³/mol. The Morgan fingerprint density at radius 3 is 2.70 bits per heavy atom. The van der Waals surface area contributed by atoms with Gasteiger partial charge in [-0.2, -0.15) is 0 Å². The maximum Gasteiger partial charge on any atom is 0.131 e. The summed E-state index contributed by atoms with van der Waals surface area (Å²) in [6, 6.07) is 14.4. The van der Waals surface area contributed by atoms with Crippen LogP contribution in [0.2, 0.25) is 0 Å². The zero-order chi connectivity index (χ0) is 14.5. The topological polar surface area (TPSA) is 35.2 Å². The predicted octanol–water partition coefficient (Wildman–Crippen LogP) is 4.69. The van der Waals surface area contributed by atoms with Crippen molar-refractivity contribution >= 4 is 15.9 Å². The molecule has 2 rings (SSSR count). The Kier molecular flexibility index (Phi) is 5.21. The number of benzene rings is 2. The summed E-state index contributed by atoms with van der Waals surface area (Å²) in [5, 5.41) is 0. The Balaban J connectivity index is 2.28. The van der Waals surface area contributed by atoms with Crippen molar-refractivity contribution in [2.45, 2.75) is 32.7 Å². The second-order valence-electron chi connectivity index (χ2n) is 5.04. The quantitative estimate of drug-likeness (QED) is 0.861. The molecule has 2 aromatic carbocycles. The summed E-state index contributed by atoms with van der Waals surface area (Å²) in [7, 11) is 0. The number of aryl methyl sites for hydroxylation is 1. The Morgan fingerprint density at radius 2 is 2.00 bits per heavy atom. The van der Waals surface area contributed by atoms with E-state index in [4.69, 9.17) is 10.5 Å². The molecule has 0 aliphatic rings. The van der Waals surface area contributed by atoms with E-state index in [0.29, 0.717) is 0 Å². The highest BCUT2D eigenvalue weighted by Gasteiger charge is 2.08. The maximum atomic E-state index is 6.05. The lowest BCUT2D eigenvalue weighted by atomic mass is 10.1. The first kappa shape index (κ1) is 15.1. The lowest BCUT2D eigenvalue weighted by molar-refractivity contribution is 0.473. The summed E-state index contributed by atoms with van der Waals surface area (Å²) >= 11 is 3.49. The van der Waals surface area contributed by atoms with E-state index in [2.05, 4.69) is 41.1 Å². The highest BCUT2D eigenvalue weighted by atomic mass is 79.9. The SMILES string of the molecule is CCc1cccc(Oc2cc(Br)ccc2CC(C)N)c1. The van der Waals surface area contributed by atoms with E-state index in [-0.39, 0.29) is 6.04 Å². The van der Waals surface area contributed by atoms with Gasteiger partial charge in [-0.1, -0.05) is 41.1 Å². The zero-order valence-corrected chi connectivity index (χ0v) is 13.5. The van der Waals surface area contributed by atoms with Crippen LogP contribution in [0.15, 0.2) is 46.9 Å². The fourth-order valence-corrected chi connectivity index (χ4v) is 2.43. The molecule has 1 unspecified atom stereocenters. The second-order valence-corrected chi connectivity index (χ2v) is 5.95. The van der Waals surface area contributed by atoms with Gasteiger partial charge in [0, 0.05) is 10.5 Å². The molecule has 0 bridgehead atoms. The third-order valence-corrected chi connectivity index (χ3v) is 3.60. The molecule has 0 heterocycles. The van der Waals surface area contributed by atoms with Gasteiger partial charge in [0.05, 0.1) is 0 Å². The number of halogens is 1. The van der Waals surface area contributed by atoms with Crippen LogP contribution in [0.3, 0.4) is 0 Å². The van der Waals surface area contributed by atoms with Gasteiger partial charge in [-0.05, 0) is 55.2 Å². The van der Waals surface area contributed by atoms with E-state index in [1.54, 1.807) is 0 Å². The minimum Gasteiger partial charge on any atom is -0.457 e. The molecule has 2 N–H and O–H groups in total. The number of hydrogen-bond acceptors (Lipinski definition) is 2. The maximum absolute atomic E-state index is 6.05. The molecule has 0 spiro atoms. The van der Waals surface area contributed by atoms with E-state index in [0.717, 1.165) is 34.4 Å². The Hall–Kier alpha value is -1.32. The molecule has 0 fully saturated rings. The van der Waals surface area contributed by atoms with Gasteiger partial charge in [-0.3, -0.25) is 0 Å². The van der Waals surface area contributed by atoms with E-state index < -0.39 is 0 Å². The zero-order valence-electron chi connectivity index (χ0n) is 11.9. The molecular formula is C17H20BrNO. The molecule has 0 aliphatic heterocycles. The largest absolute Gasteiger partial charge is 0.457 e. The Bertz CT molecular complexity index is 581. The van der Waals surface area contributed by atoms with Gasteiger partial charge in [0.15, 0.2) is 0 Å². The van der Waals surface area contributed by atoms with Crippen molar-refractivity contribution in [2.75, 3.05) is 0 Å². The number of nitrogens with two attached hydrogens (primary N) is 1. The molecule has 106 valence electrons. The average molecular weight is 334 g/mol. The van der Waals surface area contributed by atoms with Crippen molar-refractivity contribution in [3.63, 3.8) is 0 Å². The van der Waals surface area contributed by atoms with Crippen molar-refractivity contribution in [1.82, 2.24) is 0 Å². The van der Waals surface area contributed by atoms with Gasteiger partial charge < -0.3 is 10.5 Å². The number of rotatable bonds is 5. The second kappa shape index (κ2) is 6.91. The molecule has 3 heteroatoms. The van der Waals surface area contributed by atoms with E-state index >= 15 is 0 Å². The van der Waals surface area contributed by atoms with Gasteiger partial charge in [-0.25, -0.2) is 0 Å². The normalized spacial score (nSPS) is 12.2. The van der Waals surface area contributed by atoms with Crippen LogP contribution < -0.4 is 10.5 Å². The van der Waals surface area contributed by atoms with E-state index in [1.807, 2.05) is 31.2 Å². The van der Waals surface area contributed by atoms with Crippen LogP contribution in [0.25, 0.3) is 0 Å². The highest BCUT2D eigenvalue weighted by Crippen LogP contribution is 2.30. The Morgan fingerprint density at radius 1 is 1.20 bits per heavy atom. The van der Waals surface area contributed by atoms with Gasteiger partial charge >= 0.3 is 0 Å². The van der Waals surface area contributed by atoms with Gasteiger partial charge in [0.1, 0.15) is 11.5 Å². The van der Waals surface area contributed by atoms with Crippen LogP contribution in [-0.2, 0) is 12.8 Å². The van der Waals surface area contributed by atoms with Crippen molar-refractivity contribution < 1.29 is 4.74 Å². The first-order valence-corrected chi connectivity index (χ1v) is 7.68. The first-order valence-electron chi connectivity index (χ1n) is 6.89. The monoisotopic (exact) mass is 333 g/mol. The summed E-state index contributed by atoms with van der Waals surface area (Å²) in [6.07, 6.45) is 1.80. The molecule has 2 nitrogen and oxygen atoms in total. The molecule has 2 aromatic rings. The van der Waals surface area contributed by atoms with Gasteiger partial charge in [-0.15, -0.1) is 0 Å². The lowest BCUT2D eigenvalue weighted by Gasteiger charge is -2.14. The highest BCUT2D eigenvalue weighted by molar-refractivity contribution is 9.10. The summed E-state index contributed by atoms with van der Waals surface area (Å²) in [6.45, 7) is 4.14. The molecule has 0 saturated carbocycles. The first-order chi connectivity index (χ1) is 9.58. The van der Waals surface area contributed by atoms with Crippen LogP contribution >= 0.6 is 15.9 Å². The van der Waals surface area contributed by atoms with Crippen LogP contribution in [0.1, 0.15) is 25.0 Å². The summed E-state index contributed by atoms with van der Waals surface area (Å²) in [5.74, 6) is 1.73. The molecule has 0 saturated heterocycles. The molecule has 20 heavy (non-hydrogen) atoms. The third kappa shape index (κ3) is 4.09. The smallest absolute Gasteiger partial charge is 0.131 e. The molecule has 0 radical (unpaired) electrons. The average Bonchev–Trinajstić information content (AvgIpc) is 2.42. The summed E-state index contributed by atoms with van der Waals surface area (Å²) in [4.78, 5) is 0. The van der Waals surface area contributed by atoms with Crippen LogP contribution in [-0.4, -0.2) is 6.04 Å². The summed E-state index contributed by atoms with van der Waals surface area (Å²) in [5.41, 5.74) is 8.30. The van der Waals surface area contributed by atoms with E-state index in [1.165, 1.54) is 5.56 Å². The van der Waals surface area contributed by atoms with Crippen molar-refractivity contribution in [2.24, 2.45) is 5.73 Å². The molecule has 0 amide bonds. The van der Waals surface area contributed by atoms with Gasteiger partial charge in [0.25, 0.3) is 0 Å². The molecule has 0 aliphatic carbocycles. The van der Waals surface area contributed by atoms with Crippen LogP contribution in [0.5, 0.6) is 11.5 Å². The molecule has 1 atom stereocenters. The number of ether oxygens (including phenoxy) is 1. The van der Waals surface area contributed by atoms with E-state index in [9.17, 15) is 0 Å².